The van der Waals surface area contributed by atoms with Crippen LogP contribution in [-0.4, -0.2) is 62.9 Å². The predicted molar refractivity (Wildman–Crippen MR) is 120 cm³/mol. The van der Waals surface area contributed by atoms with Crippen LogP contribution in [0.5, 0.6) is 0 Å². The van der Waals surface area contributed by atoms with Crippen molar-refractivity contribution in [3.8, 4) is 0 Å². The molecule has 27 heavy (non-hydrogen) atoms. The van der Waals surface area contributed by atoms with Crippen molar-refractivity contribution < 1.29 is 4.79 Å². The van der Waals surface area contributed by atoms with Crippen molar-refractivity contribution in [1.29, 1.82) is 0 Å². The maximum Gasteiger partial charge on any atom is 0.242 e. The van der Waals surface area contributed by atoms with Gasteiger partial charge in [-0.15, -0.1) is 24.0 Å². The molecule has 0 aliphatic carbocycles. The molecule has 2 heterocycles. The number of carbonyl (C=O) groups is 1. The van der Waals surface area contributed by atoms with E-state index < -0.39 is 0 Å². The van der Waals surface area contributed by atoms with Crippen molar-refractivity contribution in [2.24, 2.45) is 10.9 Å². The average Bonchev–Trinajstić information content (AvgIpc) is 2.92. The molecule has 1 saturated heterocycles. The third-order valence-electron chi connectivity index (χ3n) is 4.62. The lowest BCUT2D eigenvalue weighted by Gasteiger charge is -2.49. The van der Waals surface area contributed by atoms with Gasteiger partial charge in [-0.2, -0.15) is 0 Å². The Kier molecular flexibility index (Phi) is 8.56. The fourth-order valence-corrected chi connectivity index (χ4v) is 3.87. The van der Waals surface area contributed by atoms with Crippen LogP contribution in [0.1, 0.15) is 47.4 Å². The highest BCUT2D eigenvalue weighted by Crippen LogP contribution is 2.24. The van der Waals surface area contributed by atoms with Gasteiger partial charge in [-0.25, -0.2) is 4.98 Å². The summed E-state index contributed by atoms with van der Waals surface area (Å²) in [6.45, 7) is 15.4. The lowest BCUT2D eigenvalue weighted by atomic mass is 9.96. The van der Waals surface area contributed by atoms with Crippen molar-refractivity contribution in [2.75, 3.05) is 20.1 Å². The van der Waals surface area contributed by atoms with E-state index in [-0.39, 0.29) is 41.5 Å². The zero-order valence-electron chi connectivity index (χ0n) is 17.7. The van der Waals surface area contributed by atoms with E-state index >= 15 is 0 Å². The molecule has 1 aliphatic heterocycles. The summed E-state index contributed by atoms with van der Waals surface area (Å²) in [7, 11) is 1.76. The van der Waals surface area contributed by atoms with Crippen LogP contribution < -0.4 is 5.32 Å². The first-order valence-corrected chi connectivity index (χ1v) is 9.43. The summed E-state index contributed by atoms with van der Waals surface area (Å²) >= 11 is 0. The molecule has 154 valence electrons. The molecule has 1 N–H and O–H groups in total. The summed E-state index contributed by atoms with van der Waals surface area (Å²) in [6.07, 6.45) is 3.84. The fourth-order valence-electron chi connectivity index (χ4n) is 3.87. The Morgan fingerprint density at radius 1 is 1.33 bits per heavy atom. The molecule has 0 saturated carbocycles. The Labute approximate surface area is 180 Å². The van der Waals surface area contributed by atoms with Gasteiger partial charge in [0.05, 0.1) is 18.6 Å². The largest absolute Gasteiger partial charge is 0.349 e. The highest BCUT2D eigenvalue weighted by atomic mass is 127. The number of nitrogens with one attached hydrogen (secondary N) is 1. The molecule has 1 fully saturated rings. The number of hydrogen-bond acceptors (Lipinski definition) is 3. The molecule has 8 heteroatoms. The number of nitrogens with zero attached hydrogens (tertiary/aromatic N) is 5. The molecule has 0 bridgehead atoms. The first-order chi connectivity index (χ1) is 12.2. The second-order valence-corrected chi connectivity index (χ2v) is 8.32. The highest BCUT2D eigenvalue weighted by molar-refractivity contribution is 14.0. The number of halogens is 1. The molecule has 2 rings (SSSR count). The van der Waals surface area contributed by atoms with Gasteiger partial charge in [-0.05, 0) is 33.6 Å². The summed E-state index contributed by atoms with van der Waals surface area (Å²) in [4.78, 5) is 25.5. The second-order valence-electron chi connectivity index (χ2n) is 8.32. The number of carbonyl (C=O) groups excluding carboxylic acids is 1. The molecule has 1 amide bonds. The lowest BCUT2D eigenvalue weighted by molar-refractivity contribution is -0.145. The Bertz CT molecular complexity index is 652. The molecule has 0 atom stereocenters. The second kappa shape index (κ2) is 9.75. The first-order valence-electron chi connectivity index (χ1n) is 9.43. The highest BCUT2D eigenvalue weighted by Gasteiger charge is 2.40. The van der Waals surface area contributed by atoms with Gasteiger partial charge < -0.3 is 19.7 Å². The van der Waals surface area contributed by atoms with Gasteiger partial charge in [0, 0.05) is 38.6 Å². The van der Waals surface area contributed by atoms with E-state index in [0.717, 1.165) is 24.9 Å². The van der Waals surface area contributed by atoms with Gasteiger partial charge >= 0.3 is 0 Å². The van der Waals surface area contributed by atoms with Gasteiger partial charge in [0.1, 0.15) is 5.82 Å². The summed E-state index contributed by atoms with van der Waals surface area (Å²) in [5.41, 5.74) is -0.239. The molecular formula is C19H35IN6O. The third kappa shape index (κ3) is 5.83. The molecule has 0 aromatic carbocycles. The Morgan fingerprint density at radius 3 is 2.52 bits per heavy atom. The number of guanidine groups is 1. The molecule has 7 nitrogen and oxygen atoms in total. The minimum absolute atomic E-state index is 0. The van der Waals surface area contributed by atoms with Crippen molar-refractivity contribution in [3.05, 3.63) is 18.2 Å². The average molecular weight is 490 g/mol. The number of hydrogen-bond donors (Lipinski definition) is 1. The number of amides is 1. The van der Waals surface area contributed by atoms with Crippen LogP contribution in [0.15, 0.2) is 17.4 Å². The van der Waals surface area contributed by atoms with E-state index in [0.29, 0.717) is 19.0 Å². The Morgan fingerprint density at radius 2 is 2.00 bits per heavy atom. The van der Waals surface area contributed by atoms with E-state index in [4.69, 9.17) is 0 Å². The number of piperazine rings is 1. The van der Waals surface area contributed by atoms with Crippen LogP contribution in [0.3, 0.4) is 0 Å². The molecule has 0 spiro atoms. The molecule has 0 unspecified atom stereocenters. The van der Waals surface area contributed by atoms with Crippen LogP contribution >= 0.6 is 24.0 Å². The van der Waals surface area contributed by atoms with Crippen LogP contribution in [-0.2, 0) is 17.9 Å². The quantitative estimate of drug-likeness (QED) is 0.392. The molecular weight excluding hydrogens is 455 g/mol. The van der Waals surface area contributed by atoms with E-state index in [1.165, 1.54) is 0 Å². The van der Waals surface area contributed by atoms with Crippen molar-refractivity contribution in [1.82, 2.24) is 24.7 Å². The van der Waals surface area contributed by atoms with Crippen LogP contribution in [0.2, 0.25) is 0 Å². The minimum Gasteiger partial charge on any atom is -0.349 e. The summed E-state index contributed by atoms with van der Waals surface area (Å²) < 4.78 is 2.16. The maximum absolute atomic E-state index is 12.7. The summed E-state index contributed by atoms with van der Waals surface area (Å²) in [5.74, 6) is 2.42. The molecule has 1 aromatic heterocycles. The third-order valence-corrected chi connectivity index (χ3v) is 4.62. The van der Waals surface area contributed by atoms with Crippen LogP contribution in [0, 0.1) is 5.92 Å². The van der Waals surface area contributed by atoms with Crippen LogP contribution in [0.4, 0.5) is 0 Å². The molecule has 1 aliphatic rings. The standard InChI is InChI=1S/C19H34N6O.HI/c1-14(2)11-23-9-8-21-16(23)10-22-18(20-7)24-12-17(26)25(15(3)4)19(5,6)13-24;/h8-9,14-15H,10-13H2,1-7H3,(H,20,22);1H. The van der Waals surface area contributed by atoms with Crippen molar-refractivity contribution >= 4 is 35.8 Å². The minimum atomic E-state index is -0.239. The number of imidazole rings is 1. The summed E-state index contributed by atoms with van der Waals surface area (Å²) in [5, 5.41) is 3.38. The topological polar surface area (TPSA) is 65.8 Å². The van der Waals surface area contributed by atoms with Crippen molar-refractivity contribution in [3.63, 3.8) is 0 Å². The maximum atomic E-state index is 12.7. The SMILES string of the molecule is CN=C(NCc1nccn1CC(C)C)N1CC(=O)N(C(C)C)C(C)(C)C1.I. The van der Waals surface area contributed by atoms with Gasteiger partial charge in [-0.3, -0.25) is 9.79 Å². The fraction of sp³-hybridized carbons (Fsp3) is 0.737. The Hall–Kier alpha value is -1.32. The number of rotatable bonds is 5. The number of aromatic nitrogens is 2. The van der Waals surface area contributed by atoms with Gasteiger partial charge in [0.15, 0.2) is 5.96 Å². The molecule has 0 radical (unpaired) electrons. The van der Waals surface area contributed by atoms with E-state index in [1.807, 2.05) is 22.2 Å². The van der Waals surface area contributed by atoms with Crippen molar-refractivity contribution in [2.45, 2.75) is 66.2 Å². The summed E-state index contributed by atoms with van der Waals surface area (Å²) in [6, 6.07) is 0.193. The molecule has 1 aromatic rings. The van der Waals surface area contributed by atoms with Gasteiger partial charge in [0.25, 0.3) is 0 Å². The first kappa shape index (κ1) is 23.7. The lowest BCUT2D eigenvalue weighted by Crippen LogP contribution is -2.66. The van der Waals surface area contributed by atoms with Gasteiger partial charge in [0.2, 0.25) is 5.91 Å². The number of aliphatic imine (C=N–C) groups is 1. The Balaban J connectivity index is 0.00000364. The monoisotopic (exact) mass is 490 g/mol. The zero-order valence-corrected chi connectivity index (χ0v) is 20.0. The van der Waals surface area contributed by atoms with E-state index in [2.05, 4.69) is 61.4 Å². The predicted octanol–water partition coefficient (Wildman–Crippen LogP) is 2.56. The smallest absolute Gasteiger partial charge is 0.242 e. The van der Waals surface area contributed by atoms with E-state index in [1.54, 1.807) is 7.05 Å². The zero-order chi connectivity index (χ0) is 19.5. The van der Waals surface area contributed by atoms with E-state index in [9.17, 15) is 4.79 Å². The normalized spacial score (nSPS) is 17.5. The van der Waals surface area contributed by atoms with Crippen LogP contribution in [0.25, 0.3) is 0 Å². The van der Waals surface area contributed by atoms with Gasteiger partial charge in [-0.1, -0.05) is 13.8 Å².